The first kappa shape index (κ1) is 12.7. The molecule has 1 aliphatic heterocycles. The van der Waals surface area contributed by atoms with Crippen molar-refractivity contribution < 1.29 is 9.90 Å². The van der Waals surface area contributed by atoms with Gasteiger partial charge in [-0.15, -0.1) is 0 Å². The molecule has 5 nitrogen and oxygen atoms in total. The van der Waals surface area contributed by atoms with Crippen molar-refractivity contribution in [3.05, 3.63) is 24.0 Å². The van der Waals surface area contributed by atoms with Gasteiger partial charge in [0.05, 0.1) is 11.4 Å². The van der Waals surface area contributed by atoms with Gasteiger partial charge in [0.15, 0.2) is 0 Å². The average molecular weight is 249 g/mol. The third-order valence-corrected chi connectivity index (χ3v) is 3.35. The number of likely N-dealkylation sites (tertiary alicyclic amines) is 1. The number of carboxylic acid groups (broad SMARTS) is 1. The van der Waals surface area contributed by atoms with Gasteiger partial charge in [-0.1, -0.05) is 6.92 Å². The van der Waals surface area contributed by atoms with Crippen molar-refractivity contribution in [2.45, 2.75) is 32.2 Å². The van der Waals surface area contributed by atoms with Crippen molar-refractivity contribution >= 4 is 11.8 Å². The summed E-state index contributed by atoms with van der Waals surface area (Å²) in [5, 5.41) is 12.4. The lowest BCUT2D eigenvalue weighted by molar-refractivity contribution is 0.134. The number of carbonyl (C=O) groups is 1. The third-order valence-electron chi connectivity index (χ3n) is 3.35. The topological polar surface area (TPSA) is 65.5 Å². The number of hydrogen-bond acceptors (Lipinski definition) is 3. The van der Waals surface area contributed by atoms with Crippen LogP contribution in [0.2, 0.25) is 0 Å². The van der Waals surface area contributed by atoms with Gasteiger partial charge in [-0.25, -0.2) is 4.79 Å². The molecule has 1 saturated heterocycles. The van der Waals surface area contributed by atoms with Crippen LogP contribution in [0.25, 0.3) is 0 Å². The maximum absolute atomic E-state index is 10.8. The quantitative estimate of drug-likeness (QED) is 0.862. The van der Waals surface area contributed by atoms with E-state index in [9.17, 15) is 4.79 Å². The van der Waals surface area contributed by atoms with Crippen LogP contribution in [0.1, 0.15) is 25.5 Å². The Balaban J connectivity index is 1.93. The molecule has 5 heteroatoms. The number of pyridine rings is 1. The molecule has 0 atom stereocenters. The van der Waals surface area contributed by atoms with Gasteiger partial charge >= 0.3 is 6.09 Å². The molecule has 2 heterocycles. The molecule has 2 rings (SSSR count). The first-order valence-electron chi connectivity index (χ1n) is 6.39. The fourth-order valence-electron chi connectivity index (χ4n) is 2.29. The van der Waals surface area contributed by atoms with Crippen LogP contribution in [0, 0.1) is 0 Å². The van der Waals surface area contributed by atoms with Crippen LogP contribution in [0.4, 0.5) is 10.5 Å². The first-order chi connectivity index (χ1) is 8.70. The van der Waals surface area contributed by atoms with Crippen molar-refractivity contribution in [2.24, 2.45) is 0 Å². The predicted octanol–water partition coefficient (Wildman–Crippen LogP) is 2.20. The van der Waals surface area contributed by atoms with Crippen LogP contribution in [0.3, 0.4) is 0 Å². The predicted molar refractivity (Wildman–Crippen MR) is 69.9 cm³/mol. The molecule has 18 heavy (non-hydrogen) atoms. The highest BCUT2D eigenvalue weighted by atomic mass is 16.4. The van der Waals surface area contributed by atoms with Crippen LogP contribution < -0.4 is 5.32 Å². The maximum atomic E-state index is 10.8. The van der Waals surface area contributed by atoms with Crippen LogP contribution in [-0.4, -0.2) is 40.2 Å². The fraction of sp³-hybridized carbons (Fsp3) is 0.538. The third kappa shape index (κ3) is 2.91. The Labute approximate surface area is 107 Å². The Morgan fingerprint density at radius 3 is 2.89 bits per heavy atom. The van der Waals surface area contributed by atoms with E-state index in [0.29, 0.717) is 19.1 Å². The SMILES string of the molecule is CCc1ncccc1NC1CCN(C(=O)O)CC1. The molecule has 1 aromatic rings. The van der Waals surface area contributed by atoms with Gasteiger partial charge in [0, 0.05) is 25.3 Å². The van der Waals surface area contributed by atoms with E-state index in [1.165, 1.54) is 4.90 Å². The summed E-state index contributed by atoms with van der Waals surface area (Å²) in [6, 6.07) is 4.30. The number of piperidine rings is 1. The Bertz CT molecular complexity index is 414. The smallest absolute Gasteiger partial charge is 0.407 e. The molecule has 1 fully saturated rings. The molecule has 0 saturated carbocycles. The van der Waals surface area contributed by atoms with E-state index in [1.807, 2.05) is 12.1 Å². The normalized spacial score (nSPS) is 16.6. The molecule has 1 aliphatic rings. The number of amides is 1. The summed E-state index contributed by atoms with van der Waals surface area (Å²) < 4.78 is 0. The molecule has 0 spiro atoms. The van der Waals surface area contributed by atoms with E-state index in [4.69, 9.17) is 5.11 Å². The van der Waals surface area contributed by atoms with Crippen molar-refractivity contribution in [1.29, 1.82) is 0 Å². The maximum Gasteiger partial charge on any atom is 0.407 e. The molecule has 1 aromatic heterocycles. The number of anilines is 1. The van der Waals surface area contributed by atoms with E-state index < -0.39 is 6.09 Å². The molecule has 98 valence electrons. The van der Waals surface area contributed by atoms with Crippen LogP contribution in [0.15, 0.2) is 18.3 Å². The zero-order valence-corrected chi connectivity index (χ0v) is 10.6. The number of aryl methyl sites for hydroxylation is 1. The molecule has 0 aromatic carbocycles. The van der Waals surface area contributed by atoms with E-state index in [-0.39, 0.29) is 0 Å². The van der Waals surface area contributed by atoms with Crippen molar-refractivity contribution in [3.63, 3.8) is 0 Å². The van der Waals surface area contributed by atoms with Crippen molar-refractivity contribution in [3.8, 4) is 0 Å². The molecular formula is C13H19N3O2. The standard InChI is InChI=1S/C13H19N3O2/c1-2-11-12(4-3-7-14-11)15-10-5-8-16(9-6-10)13(17)18/h3-4,7,10,15H,2,5-6,8-9H2,1H3,(H,17,18). The van der Waals surface area contributed by atoms with Crippen LogP contribution in [0.5, 0.6) is 0 Å². The lowest BCUT2D eigenvalue weighted by Crippen LogP contribution is -2.41. The summed E-state index contributed by atoms with van der Waals surface area (Å²) >= 11 is 0. The zero-order valence-electron chi connectivity index (χ0n) is 10.6. The van der Waals surface area contributed by atoms with Gasteiger partial charge in [0.25, 0.3) is 0 Å². The molecule has 0 unspecified atom stereocenters. The summed E-state index contributed by atoms with van der Waals surface area (Å²) in [7, 11) is 0. The minimum absolute atomic E-state index is 0.343. The number of nitrogens with zero attached hydrogens (tertiary/aromatic N) is 2. The zero-order chi connectivity index (χ0) is 13.0. The van der Waals surface area contributed by atoms with Gasteiger partial charge in [-0.2, -0.15) is 0 Å². The molecule has 0 aliphatic carbocycles. The van der Waals surface area contributed by atoms with Crippen molar-refractivity contribution in [1.82, 2.24) is 9.88 Å². The molecule has 0 radical (unpaired) electrons. The minimum Gasteiger partial charge on any atom is -0.465 e. The number of nitrogens with one attached hydrogen (secondary N) is 1. The highest BCUT2D eigenvalue weighted by Gasteiger charge is 2.22. The minimum atomic E-state index is -0.816. The Morgan fingerprint density at radius 1 is 1.56 bits per heavy atom. The Hall–Kier alpha value is -1.78. The molecule has 1 amide bonds. The highest BCUT2D eigenvalue weighted by Crippen LogP contribution is 2.19. The second kappa shape index (κ2) is 5.71. The van der Waals surface area contributed by atoms with E-state index in [2.05, 4.69) is 17.2 Å². The van der Waals surface area contributed by atoms with Gasteiger partial charge in [0.1, 0.15) is 0 Å². The van der Waals surface area contributed by atoms with Crippen LogP contribution >= 0.6 is 0 Å². The van der Waals surface area contributed by atoms with Gasteiger partial charge in [-0.3, -0.25) is 4.98 Å². The fourth-order valence-corrected chi connectivity index (χ4v) is 2.29. The van der Waals surface area contributed by atoms with Gasteiger partial charge in [-0.05, 0) is 31.4 Å². The number of aromatic nitrogens is 1. The largest absolute Gasteiger partial charge is 0.465 e. The second-order valence-corrected chi connectivity index (χ2v) is 4.54. The molecular weight excluding hydrogens is 230 g/mol. The monoisotopic (exact) mass is 249 g/mol. The Kier molecular flexibility index (Phi) is 4.02. The van der Waals surface area contributed by atoms with Crippen LogP contribution in [-0.2, 0) is 6.42 Å². The van der Waals surface area contributed by atoms with Gasteiger partial charge in [0.2, 0.25) is 0 Å². The first-order valence-corrected chi connectivity index (χ1v) is 6.39. The van der Waals surface area contributed by atoms with E-state index in [1.54, 1.807) is 6.20 Å². The summed E-state index contributed by atoms with van der Waals surface area (Å²) in [4.78, 5) is 16.6. The lowest BCUT2D eigenvalue weighted by atomic mass is 10.0. The van der Waals surface area contributed by atoms with E-state index in [0.717, 1.165) is 30.6 Å². The Morgan fingerprint density at radius 2 is 2.28 bits per heavy atom. The average Bonchev–Trinajstić information content (AvgIpc) is 2.40. The van der Waals surface area contributed by atoms with E-state index >= 15 is 0 Å². The summed E-state index contributed by atoms with van der Waals surface area (Å²) in [6.07, 6.45) is 3.59. The summed E-state index contributed by atoms with van der Waals surface area (Å²) in [6.45, 7) is 3.30. The molecule has 2 N–H and O–H groups in total. The summed E-state index contributed by atoms with van der Waals surface area (Å²) in [5.74, 6) is 0. The lowest BCUT2D eigenvalue weighted by Gasteiger charge is -2.31. The number of rotatable bonds is 3. The second-order valence-electron chi connectivity index (χ2n) is 4.54. The molecule has 0 bridgehead atoms. The van der Waals surface area contributed by atoms with Gasteiger partial charge < -0.3 is 15.3 Å². The number of hydrogen-bond donors (Lipinski definition) is 2. The van der Waals surface area contributed by atoms with Crippen molar-refractivity contribution in [2.75, 3.05) is 18.4 Å². The summed E-state index contributed by atoms with van der Waals surface area (Å²) in [5.41, 5.74) is 2.15. The highest BCUT2D eigenvalue weighted by molar-refractivity contribution is 5.65.